The van der Waals surface area contributed by atoms with Crippen LogP contribution in [0, 0.1) is 11.7 Å². The molecule has 1 fully saturated rings. The largest absolute Gasteiger partial charge is 0.324 e. The van der Waals surface area contributed by atoms with Crippen LogP contribution in [-0.2, 0) is 0 Å². The fourth-order valence-electron chi connectivity index (χ4n) is 2.64. The maximum Gasteiger partial charge on any atom is 0.123 e. The molecule has 0 saturated heterocycles. The van der Waals surface area contributed by atoms with Gasteiger partial charge in [-0.1, -0.05) is 25.5 Å². The van der Waals surface area contributed by atoms with E-state index in [0.29, 0.717) is 0 Å². The Hall–Kier alpha value is -0.930. The van der Waals surface area contributed by atoms with Crippen LogP contribution in [0.2, 0.25) is 0 Å². The monoisotopic (exact) mass is 264 g/mol. The molecule has 2 rings (SSSR count). The van der Waals surface area contributed by atoms with E-state index in [9.17, 15) is 4.39 Å². The number of benzene rings is 1. The topological polar surface area (TPSA) is 29.3 Å². The zero-order valence-electron chi connectivity index (χ0n) is 11.8. The van der Waals surface area contributed by atoms with Gasteiger partial charge in [0.15, 0.2) is 0 Å². The van der Waals surface area contributed by atoms with Crippen molar-refractivity contribution in [1.29, 1.82) is 0 Å². The van der Waals surface area contributed by atoms with Crippen molar-refractivity contribution in [3.8, 4) is 0 Å². The first-order valence-corrected chi connectivity index (χ1v) is 7.42. The van der Waals surface area contributed by atoms with Crippen LogP contribution in [0.4, 0.5) is 4.39 Å². The molecule has 1 unspecified atom stereocenters. The summed E-state index contributed by atoms with van der Waals surface area (Å²) in [6.45, 7) is 5.48. The summed E-state index contributed by atoms with van der Waals surface area (Å²) in [5.41, 5.74) is 7.05. The van der Waals surface area contributed by atoms with Crippen molar-refractivity contribution in [2.45, 2.75) is 38.6 Å². The van der Waals surface area contributed by atoms with E-state index in [1.54, 1.807) is 12.1 Å². The third kappa shape index (κ3) is 4.29. The van der Waals surface area contributed by atoms with Crippen molar-refractivity contribution in [2.75, 3.05) is 19.6 Å². The molecule has 19 heavy (non-hydrogen) atoms. The molecular weight excluding hydrogens is 239 g/mol. The second-order valence-electron chi connectivity index (χ2n) is 5.64. The van der Waals surface area contributed by atoms with E-state index in [1.165, 1.54) is 31.9 Å². The Bertz CT molecular complexity index is 390. The van der Waals surface area contributed by atoms with Gasteiger partial charge >= 0.3 is 0 Å². The van der Waals surface area contributed by atoms with Crippen molar-refractivity contribution in [1.82, 2.24) is 4.90 Å². The maximum atomic E-state index is 13.2. The molecule has 0 aliphatic heterocycles. The average Bonchev–Trinajstić information content (AvgIpc) is 2.36. The summed E-state index contributed by atoms with van der Waals surface area (Å²) in [5.74, 6) is 0.695. The standard InChI is InChI=1S/C16H25FN2/c1-2-19(12-13-5-3-6-13)10-9-16(18)14-7-4-8-15(17)11-14/h4,7-8,11,13,16H,2-3,5-6,9-10,12,18H2,1H3. The van der Waals surface area contributed by atoms with Gasteiger partial charge in [-0.3, -0.25) is 0 Å². The lowest BCUT2D eigenvalue weighted by Gasteiger charge is -2.32. The molecule has 0 bridgehead atoms. The Morgan fingerprint density at radius 2 is 2.21 bits per heavy atom. The summed E-state index contributed by atoms with van der Waals surface area (Å²) in [6, 6.07) is 6.59. The molecule has 1 atom stereocenters. The normalized spacial score (nSPS) is 17.5. The number of hydrogen-bond donors (Lipinski definition) is 1. The lowest BCUT2D eigenvalue weighted by atomic mass is 9.85. The van der Waals surface area contributed by atoms with Gasteiger partial charge in [0.25, 0.3) is 0 Å². The molecule has 1 aliphatic rings. The summed E-state index contributed by atoms with van der Waals surface area (Å²) in [4.78, 5) is 2.48. The van der Waals surface area contributed by atoms with Crippen molar-refractivity contribution in [3.05, 3.63) is 35.6 Å². The molecule has 106 valence electrons. The van der Waals surface area contributed by atoms with Gasteiger partial charge in [0, 0.05) is 12.6 Å². The van der Waals surface area contributed by atoms with Gasteiger partial charge in [0.05, 0.1) is 0 Å². The second-order valence-corrected chi connectivity index (χ2v) is 5.64. The van der Waals surface area contributed by atoms with Crippen LogP contribution in [0.25, 0.3) is 0 Å². The van der Waals surface area contributed by atoms with Crippen molar-refractivity contribution in [3.63, 3.8) is 0 Å². The molecule has 2 N–H and O–H groups in total. The van der Waals surface area contributed by atoms with Crippen LogP contribution < -0.4 is 5.73 Å². The Morgan fingerprint density at radius 1 is 1.42 bits per heavy atom. The van der Waals surface area contributed by atoms with E-state index in [2.05, 4.69) is 11.8 Å². The van der Waals surface area contributed by atoms with E-state index in [0.717, 1.165) is 31.0 Å². The zero-order chi connectivity index (χ0) is 13.7. The molecule has 0 radical (unpaired) electrons. The van der Waals surface area contributed by atoms with Crippen LogP contribution >= 0.6 is 0 Å². The van der Waals surface area contributed by atoms with Crippen LogP contribution in [0.3, 0.4) is 0 Å². The van der Waals surface area contributed by atoms with E-state index in [1.807, 2.05) is 6.07 Å². The predicted molar refractivity (Wildman–Crippen MR) is 77.4 cm³/mol. The number of nitrogens with two attached hydrogens (primary N) is 1. The minimum atomic E-state index is -0.199. The molecule has 3 heteroatoms. The van der Waals surface area contributed by atoms with Gasteiger partial charge in [0.1, 0.15) is 5.82 Å². The average molecular weight is 264 g/mol. The predicted octanol–water partition coefficient (Wildman–Crippen LogP) is 3.34. The third-order valence-corrected chi connectivity index (χ3v) is 4.22. The molecule has 1 aromatic rings. The molecule has 1 aliphatic carbocycles. The quantitative estimate of drug-likeness (QED) is 0.818. The smallest absolute Gasteiger partial charge is 0.123 e. The first kappa shape index (κ1) is 14.5. The van der Waals surface area contributed by atoms with Crippen LogP contribution in [0.15, 0.2) is 24.3 Å². The molecule has 2 nitrogen and oxygen atoms in total. The molecule has 0 spiro atoms. The fraction of sp³-hybridized carbons (Fsp3) is 0.625. The number of rotatable bonds is 7. The summed E-state index contributed by atoms with van der Waals surface area (Å²) >= 11 is 0. The molecule has 1 saturated carbocycles. The zero-order valence-corrected chi connectivity index (χ0v) is 11.8. The van der Waals surface area contributed by atoms with E-state index in [-0.39, 0.29) is 11.9 Å². The van der Waals surface area contributed by atoms with Gasteiger partial charge in [-0.2, -0.15) is 0 Å². The highest BCUT2D eigenvalue weighted by atomic mass is 19.1. The number of hydrogen-bond acceptors (Lipinski definition) is 2. The molecule has 0 amide bonds. The van der Waals surface area contributed by atoms with E-state index in [4.69, 9.17) is 5.73 Å². The van der Waals surface area contributed by atoms with Gasteiger partial charge in [-0.05, 0) is 56.0 Å². The highest BCUT2D eigenvalue weighted by Gasteiger charge is 2.20. The Labute approximate surface area is 115 Å². The highest BCUT2D eigenvalue weighted by Crippen LogP contribution is 2.27. The Morgan fingerprint density at radius 3 is 2.79 bits per heavy atom. The van der Waals surface area contributed by atoms with Gasteiger partial charge in [-0.25, -0.2) is 4.39 Å². The first-order valence-electron chi connectivity index (χ1n) is 7.42. The third-order valence-electron chi connectivity index (χ3n) is 4.22. The number of halogens is 1. The fourth-order valence-corrected chi connectivity index (χ4v) is 2.64. The van der Waals surface area contributed by atoms with Gasteiger partial charge in [0.2, 0.25) is 0 Å². The minimum Gasteiger partial charge on any atom is -0.324 e. The summed E-state index contributed by atoms with van der Waals surface area (Å²) < 4.78 is 13.2. The lowest BCUT2D eigenvalue weighted by molar-refractivity contribution is 0.180. The van der Waals surface area contributed by atoms with Crippen molar-refractivity contribution in [2.24, 2.45) is 11.7 Å². The molecule has 1 aromatic carbocycles. The van der Waals surface area contributed by atoms with Crippen LogP contribution in [-0.4, -0.2) is 24.5 Å². The molecule has 0 aromatic heterocycles. The Kier molecular flexibility index (Phi) is 5.34. The van der Waals surface area contributed by atoms with Gasteiger partial charge < -0.3 is 10.6 Å². The summed E-state index contributed by atoms with van der Waals surface area (Å²) in [7, 11) is 0. The van der Waals surface area contributed by atoms with Gasteiger partial charge in [-0.15, -0.1) is 0 Å². The highest BCUT2D eigenvalue weighted by molar-refractivity contribution is 5.19. The minimum absolute atomic E-state index is 0.0638. The van der Waals surface area contributed by atoms with Crippen molar-refractivity contribution < 1.29 is 4.39 Å². The van der Waals surface area contributed by atoms with Crippen molar-refractivity contribution >= 4 is 0 Å². The maximum absolute atomic E-state index is 13.2. The Balaban J connectivity index is 1.79. The first-order chi connectivity index (χ1) is 9.19. The molecular formula is C16H25FN2. The van der Waals surface area contributed by atoms with E-state index >= 15 is 0 Å². The second kappa shape index (κ2) is 7.01. The van der Waals surface area contributed by atoms with E-state index < -0.39 is 0 Å². The SMILES string of the molecule is CCN(CCC(N)c1cccc(F)c1)CC1CCC1. The molecule has 0 heterocycles. The number of nitrogens with zero attached hydrogens (tertiary/aromatic N) is 1. The van der Waals surface area contributed by atoms with Crippen LogP contribution in [0.1, 0.15) is 44.2 Å². The lowest BCUT2D eigenvalue weighted by Crippen LogP contribution is -2.34. The van der Waals surface area contributed by atoms with Crippen LogP contribution in [0.5, 0.6) is 0 Å². The summed E-state index contributed by atoms with van der Waals surface area (Å²) in [5, 5.41) is 0. The summed E-state index contributed by atoms with van der Waals surface area (Å²) in [6.07, 6.45) is 5.05.